The summed E-state index contributed by atoms with van der Waals surface area (Å²) in [6, 6.07) is 7.09. The van der Waals surface area contributed by atoms with E-state index in [4.69, 9.17) is 5.11 Å². The molecule has 2 heteroatoms. The van der Waals surface area contributed by atoms with E-state index in [9.17, 15) is 0 Å². The summed E-state index contributed by atoms with van der Waals surface area (Å²) >= 11 is 0. The highest BCUT2D eigenvalue weighted by atomic mass is 16.2. The fourth-order valence-corrected chi connectivity index (χ4v) is 2.45. The highest BCUT2D eigenvalue weighted by Crippen LogP contribution is 2.23. The Bertz CT molecular complexity index is 378. The molecule has 1 unspecified atom stereocenters. The van der Waals surface area contributed by atoms with Crippen LogP contribution < -0.4 is 5.32 Å². The number of aliphatic hydroxyl groups excluding tert-OH is 1. The zero-order valence-corrected chi connectivity index (χ0v) is 13.1. The maximum Gasteiger partial charge on any atom is 0.0431 e. The van der Waals surface area contributed by atoms with Crippen molar-refractivity contribution >= 4 is 0 Å². The highest BCUT2D eigenvalue weighted by Gasteiger charge is 2.18. The summed E-state index contributed by atoms with van der Waals surface area (Å²) in [5.41, 5.74) is 4.23. The average Bonchev–Trinajstić information content (AvgIpc) is 2.32. The molecule has 2 nitrogen and oxygen atoms in total. The minimum absolute atomic E-state index is 0.232. The van der Waals surface area contributed by atoms with E-state index in [1.807, 2.05) is 0 Å². The number of benzene rings is 1. The van der Waals surface area contributed by atoms with Gasteiger partial charge in [-0.1, -0.05) is 43.2 Å². The Hall–Kier alpha value is -0.860. The smallest absolute Gasteiger partial charge is 0.0431 e. The minimum atomic E-state index is 0.232. The van der Waals surface area contributed by atoms with Crippen molar-refractivity contribution in [1.82, 2.24) is 5.32 Å². The number of rotatable bonds is 7. The zero-order chi connectivity index (χ0) is 14.5. The van der Waals surface area contributed by atoms with Crippen molar-refractivity contribution < 1.29 is 5.11 Å². The maximum atomic E-state index is 8.93. The van der Waals surface area contributed by atoms with E-state index < -0.39 is 0 Å². The fourth-order valence-electron chi connectivity index (χ4n) is 2.45. The van der Waals surface area contributed by atoms with Gasteiger partial charge < -0.3 is 10.4 Å². The van der Waals surface area contributed by atoms with Crippen LogP contribution in [0.25, 0.3) is 0 Å². The van der Waals surface area contributed by atoms with Crippen LogP contribution in [0.3, 0.4) is 0 Å². The van der Waals surface area contributed by atoms with E-state index in [1.165, 1.54) is 16.7 Å². The van der Waals surface area contributed by atoms with Crippen molar-refractivity contribution in [2.24, 2.45) is 5.41 Å². The molecule has 0 radical (unpaired) electrons. The van der Waals surface area contributed by atoms with E-state index in [1.54, 1.807) is 0 Å². The van der Waals surface area contributed by atoms with Gasteiger partial charge >= 0.3 is 0 Å². The van der Waals surface area contributed by atoms with Crippen molar-refractivity contribution in [2.45, 2.75) is 53.5 Å². The van der Waals surface area contributed by atoms with Crippen LogP contribution in [0.4, 0.5) is 0 Å². The SMILES string of the molecule is Cc1cc(C)cc(C(C)NCC(C)(C)CCCO)c1. The first-order chi connectivity index (χ1) is 8.84. The van der Waals surface area contributed by atoms with E-state index >= 15 is 0 Å². The quantitative estimate of drug-likeness (QED) is 0.785. The predicted molar refractivity (Wildman–Crippen MR) is 82.4 cm³/mol. The summed E-state index contributed by atoms with van der Waals surface area (Å²) in [6.45, 7) is 12.3. The molecule has 108 valence electrons. The number of aryl methyl sites for hydroxylation is 2. The summed E-state index contributed by atoms with van der Waals surface area (Å²) in [4.78, 5) is 0. The summed E-state index contributed by atoms with van der Waals surface area (Å²) < 4.78 is 0. The number of hydrogen-bond donors (Lipinski definition) is 2. The molecule has 0 heterocycles. The molecule has 0 aliphatic rings. The third kappa shape index (κ3) is 5.75. The topological polar surface area (TPSA) is 32.3 Å². The zero-order valence-electron chi connectivity index (χ0n) is 13.1. The van der Waals surface area contributed by atoms with E-state index in [0.717, 1.165) is 19.4 Å². The Morgan fingerprint density at radius 1 is 1.16 bits per heavy atom. The van der Waals surface area contributed by atoms with Crippen LogP contribution in [0.15, 0.2) is 18.2 Å². The number of nitrogens with one attached hydrogen (secondary N) is 1. The van der Waals surface area contributed by atoms with Crippen molar-refractivity contribution in [1.29, 1.82) is 0 Å². The van der Waals surface area contributed by atoms with Gasteiger partial charge in [-0.25, -0.2) is 0 Å². The molecule has 0 saturated carbocycles. The standard InChI is InChI=1S/C17H29NO/c1-13-9-14(2)11-16(10-13)15(3)18-12-17(4,5)7-6-8-19/h9-11,15,18-19H,6-8,12H2,1-5H3. The van der Waals surface area contributed by atoms with Crippen LogP contribution in [0, 0.1) is 19.3 Å². The molecule has 0 bridgehead atoms. The van der Waals surface area contributed by atoms with Gasteiger partial charge in [-0.3, -0.25) is 0 Å². The maximum absolute atomic E-state index is 8.93. The molecule has 1 aromatic rings. The summed E-state index contributed by atoms with van der Waals surface area (Å²) in [6.07, 6.45) is 1.93. The monoisotopic (exact) mass is 263 g/mol. The van der Waals surface area contributed by atoms with Gasteiger partial charge in [-0.05, 0) is 44.6 Å². The van der Waals surface area contributed by atoms with Gasteiger partial charge in [0.1, 0.15) is 0 Å². The first kappa shape index (κ1) is 16.2. The highest BCUT2D eigenvalue weighted by molar-refractivity contribution is 5.30. The van der Waals surface area contributed by atoms with Gasteiger partial charge in [-0.2, -0.15) is 0 Å². The Kier molecular flexibility index (Phi) is 6.02. The lowest BCUT2D eigenvalue weighted by atomic mass is 9.87. The molecule has 0 aliphatic carbocycles. The van der Waals surface area contributed by atoms with E-state index in [-0.39, 0.29) is 12.0 Å². The Morgan fingerprint density at radius 2 is 1.74 bits per heavy atom. The van der Waals surface area contributed by atoms with Gasteiger partial charge in [0, 0.05) is 19.2 Å². The molecule has 1 rings (SSSR count). The molecule has 19 heavy (non-hydrogen) atoms. The normalized spacial score (nSPS) is 13.6. The van der Waals surface area contributed by atoms with Gasteiger partial charge in [-0.15, -0.1) is 0 Å². The Labute approximate surface area is 118 Å². The van der Waals surface area contributed by atoms with Crippen molar-refractivity contribution in [3.8, 4) is 0 Å². The van der Waals surface area contributed by atoms with E-state index in [0.29, 0.717) is 6.04 Å². The molecule has 0 spiro atoms. The second-order valence-electron chi connectivity index (χ2n) is 6.52. The molecule has 1 aromatic carbocycles. The van der Waals surface area contributed by atoms with Gasteiger partial charge in [0.15, 0.2) is 0 Å². The van der Waals surface area contributed by atoms with Crippen LogP contribution in [-0.4, -0.2) is 18.3 Å². The van der Waals surface area contributed by atoms with Gasteiger partial charge in [0.2, 0.25) is 0 Å². The lowest BCUT2D eigenvalue weighted by Gasteiger charge is -2.27. The summed E-state index contributed by atoms with van der Waals surface area (Å²) in [5.74, 6) is 0. The minimum Gasteiger partial charge on any atom is -0.396 e. The van der Waals surface area contributed by atoms with Gasteiger partial charge in [0.05, 0.1) is 0 Å². The third-order valence-electron chi connectivity index (χ3n) is 3.64. The van der Waals surface area contributed by atoms with Crippen molar-refractivity contribution in [3.63, 3.8) is 0 Å². The van der Waals surface area contributed by atoms with Crippen LogP contribution in [0.5, 0.6) is 0 Å². The largest absolute Gasteiger partial charge is 0.396 e. The molecular formula is C17H29NO. The first-order valence-electron chi connectivity index (χ1n) is 7.26. The second-order valence-corrected chi connectivity index (χ2v) is 6.52. The molecule has 0 saturated heterocycles. The lowest BCUT2D eigenvalue weighted by Crippen LogP contribution is -2.31. The molecule has 1 atom stereocenters. The molecule has 0 aliphatic heterocycles. The van der Waals surface area contributed by atoms with E-state index in [2.05, 4.69) is 58.1 Å². The molecule has 2 N–H and O–H groups in total. The summed E-state index contributed by atoms with van der Waals surface area (Å²) in [5, 5.41) is 12.5. The third-order valence-corrected chi connectivity index (χ3v) is 3.64. The summed E-state index contributed by atoms with van der Waals surface area (Å²) in [7, 11) is 0. The van der Waals surface area contributed by atoms with Crippen molar-refractivity contribution in [2.75, 3.05) is 13.2 Å². The van der Waals surface area contributed by atoms with Crippen LogP contribution >= 0.6 is 0 Å². The second kappa shape index (κ2) is 7.06. The van der Waals surface area contributed by atoms with Crippen molar-refractivity contribution in [3.05, 3.63) is 34.9 Å². The average molecular weight is 263 g/mol. The molecule has 0 amide bonds. The van der Waals surface area contributed by atoms with Crippen LogP contribution in [0.2, 0.25) is 0 Å². The van der Waals surface area contributed by atoms with Crippen LogP contribution in [-0.2, 0) is 0 Å². The van der Waals surface area contributed by atoms with Gasteiger partial charge in [0.25, 0.3) is 0 Å². The predicted octanol–water partition coefficient (Wildman–Crippen LogP) is 3.75. The molecular weight excluding hydrogens is 234 g/mol. The fraction of sp³-hybridized carbons (Fsp3) is 0.647. The number of hydrogen-bond acceptors (Lipinski definition) is 2. The Balaban J connectivity index is 2.57. The van der Waals surface area contributed by atoms with Crippen LogP contribution in [0.1, 0.15) is 56.3 Å². The number of aliphatic hydroxyl groups is 1. The molecule has 0 fully saturated rings. The lowest BCUT2D eigenvalue weighted by molar-refractivity contribution is 0.233. The first-order valence-corrected chi connectivity index (χ1v) is 7.26. The Morgan fingerprint density at radius 3 is 2.26 bits per heavy atom. The molecule has 0 aromatic heterocycles.